The highest BCUT2D eigenvalue weighted by Gasteiger charge is 2.15. The van der Waals surface area contributed by atoms with E-state index in [1.165, 1.54) is 0 Å². The minimum Gasteiger partial charge on any atom is -0.377 e. The summed E-state index contributed by atoms with van der Waals surface area (Å²) in [4.78, 5) is 4.36. The molecule has 1 atom stereocenters. The van der Waals surface area contributed by atoms with Crippen LogP contribution in [0.25, 0.3) is 0 Å². The Morgan fingerprint density at radius 2 is 2.00 bits per heavy atom. The maximum atomic E-state index is 9.06. The molecule has 0 aromatic rings. The van der Waals surface area contributed by atoms with E-state index in [1.54, 1.807) is 0 Å². The SMILES string of the molecule is CN1CCN(CC(O)C#N)CC1. The number of aliphatic hydroxyl groups excluding tert-OH is 1. The first kappa shape index (κ1) is 9.46. The molecule has 0 aromatic carbocycles. The Morgan fingerprint density at radius 1 is 1.42 bits per heavy atom. The fourth-order valence-electron chi connectivity index (χ4n) is 1.32. The average molecular weight is 169 g/mol. The highest BCUT2D eigenvalue weighted by Crippen LogP contribution is 1.99. The largest absolute Gasteiger partial charge is 0.377 e. The number of aliphatic hydroxyl groups is 1. The first-order valence-electron chi connectivity index (χ1n) is 4.21. The normalized spacial score (nSPS) is 23.4. The maximum absolute atomic E-state index is 9.06. The smallest absolute Gasteiger partial charge is 0.153 e. The number of likely N-dealkylation sites (N-methyl/N-ethyl adjacent to an activating group) is 1. The molecule has 12 heavy (non-hydrogen) atoms. The van der Waals surface area contributed by atoms with E-state index in [9.17, 15) is 0 Å². The Morgan fingerprint density at radius 3 is 2.50 bits per heavy atom. The van der Waals surface area contributed by atoms with E-state index in [-0.39, 0.29) is 0 Å². The molecule has 0 aliphatic carbocycles. The molecule has 0 spiro atoms. The molecule has 4 nitrogen and oxygen atoms in total. The minimum atomic E-state index is -0.826. The van der Waals surface area contributed by atoms with Crippen molar-refractivity contribution in [1.82, 2.24) is 9.80 Å². The van der Waals surface area contributed by atoms with Gasteiger partial charge in [-0.3, -0.25) is 4.90 Å². The van der Waals surface area contributed by atoms with Gasteiger partial charge in [0.25, 0.3) is 0 Å². The zero-order valence-corrected chi connectivity index (χ0v) is 7.40. The summed E-state index contributed by atoms with van der Waals surface area (Å²) in [5.74, 6) is 0. The molecule has 68 valence electrons. The summed E-state index contributed by atoms with van der Waals surface area (Å²) < 4.78 is 0. The van der Waals surface area contributed by atoms with E-state index >= 15 is 0 Å². The van der Waals surface area contributed by atoms with Crippen molar-refractivity contribution < 1.29 is 5.11 Å². The zero-order valence-electron chi connectivity index (χ0n) is 7.40. The van der Waals surface area contributed by atoms with Crippen molar-refractivity contribution in [3.05, 3.63) is 0 Å². The summed E-state index contributed by atoms with van der Waals surface area (Å²) in [6, 6.07) is 1.82. The second-order valence-electron chi connectivity index (χ2n) is 3.25. The molecule has 0 amide bonds. The lowest BCUT2D eigenvalue weighted by atomic mass is 10.3. The second-order valence-corrected chi connectivity index (χ2v) is 3.25. The topological polar surface area (TPSA) is 50.5 Å². The lowest BCUT2D eigenvalue weighted by molar-refractivity contribution is 0.105. The van der Waals surface area contributed by atoms with E-state index in [1.807, 2.05) is 6.07 Å². The summed E-state index contributed by atoms with van der Waals surface area (Å²) in [5.41, 5.74) is 0. The monoisotopic (exact) mass is 169 g/mol. The molecule has 1 saturated heterocycles. The summed E-state index contributed by atoms with van der Waals surface area (Å²) in [6.45, 7) is 4.45. The quantitative estimate of drug-likeness (QED) is 0.545. The van der Waals surface area contributed by atoms with Crippen LogP contribution in [-0.4, -0.2) is 60.8 Å². The third-order valence-electron chi connectivity index (χ3n) is 2.18. The highest BCUT2D eigenvalue weighted by molar-refractivity contribution is 4.85. The number of nitrogens with zero attached hydrogens (tertiary/aromatic N) is 3. The fourth-order valence-corrected chi connectivity index (χ4v) is 1.32. The summed E-state index contributed by atoms with van der Waals surface area (Å²) in [5, 5.41) is 17.4. The molecule has 0 radical (unpaired) electrons. The van der Waals surface area contributed by atoms with Crippen molar-refractivity contribution in [1.29, 1.82) is 5.26 Å². The van der Waals surface area contributed by atoms with Crippen molar-refractivity contribution >= 4 is 0 Å². The van der Waals surface area contributed by atoms with Gasteiger partial charge in [-0.1, -0.05) is 0 Å². The van der Waals surface area contributed by atoms with Crippen LogP contribution in [0.3, 0.4) is 0 Å². The number of nitriles is 1. The Hall–Kier alpha value is -0.630. The van der Waals surface area contributed by atoms with Crippen LogP contribution < -0.4 is 0 Å². The first-order chi connectivity index (χ1) is 5.72. The summed E-state index contributed by atoms with van der Waals surface area (Å²) in [6.07, 6.45) is -0.826. The van der Waals surface area contributed by atoms with Crippen LogP contribution in [-0.2, 0) is 0 Å². The van der Waals surface area contributed by atoms with Crippen LogP contribution in [0.1, 0.15) is 0 Å². The lowest BCUT2D eigenvalue weighted by Crippen LogP contribution is -2.46. The molecular weight excluding hydrogens is 154 g/mol. The van der Waals surface area contributed by atoms with Gasteiger partial charge in [-0.15, -0.1) is 0 Å². The van der Waals surface area contributed by atoms with E-state index in [4.69, 9.17) is 10.4 Å². The van der Waals surface area contributed by atoms with E-state index in [0.29, 0.717) is 6.54 Å². The fraction of sp³-hybridized carbons (Fsp3) is 0.875. The van der Waals surface area contributed by atoms with Crippen LogP contribution in [0, 0.1) is 11.3 Å². The molecule has 0 bridgehead atoms. The minimum absolute atomic E-state index is 0.490. The standard InChI is InChI=1S/C8H15N3O/c1-10-2-4-11(5-3-10)7-8(12)6-9/h8,12H,2-5,7H2,1H3. The van der Waals surface area contributed by atoms with E-state index in [2.05, 4.69) is 16.8 Å². The van der Waals surface area contributed by atoms with E-state index < -0.39 is 6.10 Å². The van der Waals surface area contributed by atoms with Gasteiger partial charge in [-0.05, 0) is 7.05 Å². The zero-order chi connectivity index (χ0) is 8.97. The third kappa shape index (κ3) is 2.78. The summed E-state index contributed by atoms with van der Waals surface area (Å²) >= 11 is 0. The van der Waals surface area contributed by atoms with Crippen LogP contribution in [0.5, 0.6) is 0 Å². The average Bonchev–Trinajstić information content (AvgIpc) is 2.09. The molecule has 4 heteroatoms. The Balaban J connectivity index is 2.22. The third-order valence-corrected chi connectivity index (χ3v) is 2.18. The molecular formula is C8H15N3O. The number of β-amino-alcohol motifs (C(OH)–C–C–N with tert-alkyl or cyclic N) is 1. The number of hydrogen-bond donors (Lipinski definition) is 1. The predicted molar refractivity (Wildman–Crippen MR) is 45.6 cm³/mol. The van der Waals surface area contributed by atoms with E-state index in [0.717, 1.165) is 26.2 Å². The number of rotatable bonds is 2. The number of hydrogen-bond acceptors (Lipinski definition) is 4. The molecule has 1 aliphatic rings. The second kappa shape index (κ2) is 4.41. The van der Waals surface area contributed by atoms with Gasteiger partial charge in [0, 0.05) is 32.7 Å². The van der Waals surface area contributed by atoms with Crippen molar-refractivity contribution in [2.75, 3.05) is 39.8 Å². The lowest BCUT2D eigenvalue weighted by Gasteiger charge is -2.32. The molecule has 1 aliphatic heterocycles. The van der Waals surface area contributed by atoms with Crippen LogP contribution in [0.4, 0.5) is 0 Å². The van der Waals surface area contributed by atoms with Gasteiger partial charge in [-0.25, -0.2) is 0 Å². The molecule has 0 aromatic heterocycles. The van der Waals surface area contributed by atoms with Gasteiger partial charge in [0.1, 0.15) is 0 Å². The maximum Gasteiger partial charge on any atom is 0.153 e. The summed E-state index contributed by atoms with van der Waals surface area (Å²) in [7, 11) is 2.08. The van der Waals surface area contributed by atoms with Crippen LogP contribution in [0.2, 0.25) is 0 Å². The van der Waals surface area contributed by atoms with Crippen molar-refractivity contribution in [2.24, 2.45) is 0 Å². The molecule has 1 heterocycles. The van der Waals surface area contributed by atoms with Gasteiger partial charge in [0.05, 0.1) is 6.07 Å². The first-order valence-corrected chi connectivity index (χ1v) is 4.21. The Bertz CT molecular complexity index is 170. The molecule has 1 N–H and O–H groups in total. The molecule has 0 saturated carbocycles. The van der Waals surface area contributed by atoms with Crippen molar-refractivity contribution in [3.8, 4) is 6.07 Å². The molecule has 1 fully saturated rings. The van der Waals surface area contributed by atoms with Gasteiger partial charge in [0.15, 0.2) is 6.10 Å². The predicted octanol–water partition coefficient (Wildman–Crippen LogP) is -0.882. The number of piperazine rings is 1. The molecule has 1 rings (SSSR count). The van der Waals surface area contributed by atoms with Gasteiger partial charge >= 0.3 is 0 Å². The Labute approximate surface area is 73.0 Å². The van der Waals surface area contributed by atoms with Crippen LogP contribution in [0.15, 0.2) is 0 Å². The van der Waals surface area contributed by atoms with Gasteiger partial charge < -0.3 is 10.0 Å². The molecule has 1 unspecified atom stereocenters. The van der Waals surface area contributed by atoms with Crippen LogP contribution >= 0.6 is 0 Å². The van der Waals surface area contributed by atoms with Crippen molar-refractivity contribution in [3.63, 3.8) is 0 Å². The van der Waals surface area contributed by atoms with Gasteiger partial charge in [0.2, 0.25) is 0 Å². The van der Waals surface area contributed by atoms with Gasteiger partial charge in [-0.2, -0.15) is 5.26 Å². The Kier molecular flexibility index (Phi) is 3.48. The van der Waals surface area contributed by atoms with Crippen molar-refractivity contribution in [2.45, 2.75) is 6.10 Å². The highest BCUT2D eigenvalue weighted by atomic mass is 16.3.